The summed E-state index contributed by atoms with van der Waals surface area (Å²) in [6.07, 6.45) is 0. The number of aliphatic carboxylic acids is 1. The Labute approximate surface area is 106 Å². The van der Waals surface area contributed by atoms with Crippen molar-refractivity contribution >= 4 is 21.7 Å². The van der Waals surface area contributed by atoms with E-state index in [0.717, 1.165) is 0 Å². The third-order valence-electron chi connectivity index (χ3n) is 2.95. The molecule has 104 valence electrons. The smallest absolute Gasteiger partial charge is 0.322 e. The molecule has 1 aliphatic heterocycles. The third-order valence-corrected chi connectivity index (χ3v) is 5.13. The number of amides is 1. The zero-order chi connectivity index (χ0) is 13.9. The molecule has 0 spiro atoms. The molecule has 0 radical (unpaired) electrons. The van der Waals surface area contributed by atoms with E-state index >= 15 is 0 Å². The van der Waals surface area contributed by atoms with Crippen LogP contribution in [0.2, 0.25) is 0 Å². The average Bonchev–Trinajstić information content (AvgIpc) is 2.26. The molecule has 2 N–H and O–H groups in total. The molecular formula is C10H18N2O5S. The molecule has 1 unspecified atom stereocenters. The second-order valence-corrected chi connectivity index (χ2v) is 7.22. The fourth-order valence-electron chi connectivity index (χ4n) is 1.65. The number of sulfone groups is 1. The predicted octanol–water partition coefficient (Wildman–Crippen LogP) is -1.31. The van der Waals surface area contributed by atoms with Crippen LogP contribution in [0, 0.1) is 0 Å². The summed E-state index contributed by atoms with van der Waals surface area (Å²) in [6.45, 7) is 3.14. The van der Waals surface area contributed by atoms with E-state index in [-0.39, 0.29) is 31.3 Å². The van der Waals surface area contributed by atoms with Gasteiger partial charge in [-0.05, 0) is 13.8 Å². The van der Waals surface area contributed by atoms with Crippen LogP contribution in [0.1, 0.15) is 13.8 Å². The van der Waals surface area contributed by atoms with Crippen LogP contribution in [0.15, 0.2) is 0 Å². The predicted molar refractivity (Wildman–Crippen MR) is 64.9 cm³/mol. The Bertz CT molecular complexity index is 432. The number of carbonyl (C=O) groups excluding carboxylic acids is 1. The fraction of sp³-hybridized carbons (Fsp3) is 0.800. The average molecular weight is 278 g/mol. The van der Waals surface area contributed by atoms with Gasteiger partial charge in [-0.1, -0.05) is 0 Å². The Morgan fingerprint density at radius 1 is 1.56 bits per heavy atom. The first-order chi connectivity index (χ1) is 8.24. The van der Waals surface area contributed by atoms with Crippen LogP contribution >= 0.6 is 0 Å². The lowest BCUT2D eigenvalue weighted by Crippen LogP contribution is -2.58. The molecule has 1 atom stereocenters. The maximum Gasteiger partial charge on any atom is 0.322 e. The van der Waals surface area contributed by atoms with Gasteiger partial charge in [-0.3, -0.25) is 14.5 Å². The zero-order valence-electron chi connectivity index (χ0n) is 10.4. The van der Waals surface area contributed by atoms with Gasteiger partial charge in [-0.15, -0.1) is 0 Å². The lowest BCUT2D eigenvalue weighted by molar-refractivity contribution is -0.145. The van der Waals surface area contributed by atoms with E-state index in [2.05, 4.69) is 5.32 Å². The Balaban J connectivity index is 2.68. The number of hydrogen-bond donors (Lipinski definition) is 2. The van der Waals surface area contributed by atoms with E-state index < -0.39 is 27.1 Å². The molecule has 18 heavy (non-hydrogen) atoms. The number of carbonyl (C=O) groups is 2. The summed E-state index contributed by atoms with van der Waals surface area (Å²) in [4.78, 5) is 23.6. The number of nitrogens with one attached hydrogen (secondary N) is 1. The number of nitrogens with zero attached hydrogens (tertiary/aromatic N) is 1. The highest BCUT2D eigenvalue weighted by molar-refractivity contribution is 7.92. The standard InChI is InChI=1S/C10H18N2O5S/c1-7(2)18(16,17)4-3-12-6-9(13)11-5-8(12)10(14)15/h7-8H,3-6H2,1-2H3,(H,11,13)(H,14,15). The van der Waals surface area contributed by atoms with Crippen LogP contribution in [0.25, 0.3) is 0 Å². The molecule has 7 nitrogen and oxygen atoms in total. The molecule has 1 saturated heterocycles. The van der Waals surface area contributed by atoms with Gasteiger partial charge in [0.15, 0.2) is 9.84 Å². The first-order valence-corrected chi connectivity index (χ1v) is 7.40. The van der Waals surface area contributed by atoms with E-state index in [1.165, 1.54) is 4.90 Å². The molecular weight excluding hydrogens is 260 g/mol. The molecule has 1 aliphatic rings. The molecule has 1 heterocycles. The molecule has 0 aliphatic carbocycles. The lowest BCUT2D eigenvalue weighted by atomic mass is 10.2. The number of rotatable bonds is 5. The summed E-state index contributed by atoms with van der Waals surface area (Å²) in [5, 5.41) is 10.9. The Morgan fingerprint density at radius 2 is 2.17 bits per heavy atom. The van der Waals surface area contributed by atoms with E-state index in [9.17, 15) is 18.0 Å². The second-order valence-electron chi connectivity index (χ2n) is 4.54. The molecule has 0 aromatic carbocycles. The summed E-state index contributed by atoms with van der Waals surface area (Å²) in [5.74, 6) is -1.48. The Kier molecular flexibility index (Phi) is 4.69. The van der Waals surface area contributed by atoms with Crippen molar-refractivity contribution < 1.29 is 23.1 Å². The summed E-state index contributed by atoms with van der Waals surface area (Å²) in [7, 11) is -3.23. The van der Waals surface area contributed by atoms with E-state index in [1.807, 2.05) is 0 Å². The SMILES string of the molecule is CC(C)S(=O)(=O)CCN1CC(=O)NCC1C(=O)O. The minimum atomic E-state index is -3.23. The number of piperazine rings is 1. The quantitative estimate of drug-likeness (QED) is 0.647. The summed E-state index contributed by atoms with van der Waals surface area (Å²) < 4.78 is 23.3. The molecule has 1 amide bonds. The summed E-state index contributed by atoms with van der Waals surface area (Å²) in [5.41, 5.74) is 0. The molecule has 1 fully saturated rings. The zero-order valence-corrected chi connectivity index (χ0v) is 11.2. The van der Waals surface area contributed by atoms with Crippen molar-refractivity contribution in [1.29, 1.82) is 0 Å². The van der Waals surface area contributed by atoms with Crippen LogP contribution < -0.4 is 5.32 Å². The normalized spacial score (nSPS) is 21.9. The Hall–Kier alpha value is -1.15. The minimum Gasteiger partial charge on any atom is -0.480 e. The molecule has 0 bridgehead atoms. The van der Waals surface area contributed by atoms with Crippen LogP contribution in [-0.2, 0) is 19.4 Å². The van der Waals surface area contributed by atoms with E-state index in [0.29, 0.717) is 0 Å². The van der Waals surface area contributed by atoms with Crippen LogP contribution in [0.3, 0.4) is 0 Å². The first-order valence-electron chi connectivity index (χ1n) is 5.69. The van der Waals surface area contributed by atoms with Gasteiger partial charge < -0.3 is 10.4 Å². The van der Waals surface area contributed by atoms with Gasteiger partial charge in [0, 0.05) is 13.1 Å². The number of hydrogen-bond acceptors (Lipinski definition) is 5. The van der Waals surface area contributed by atoms with Gasteiger partial charge in [0.05, 0.1) is 17.5 Å². The second kappa shape index (κ2) is 5.66. The van der Waals surface area contributed by atoms with Crippen molar-refractivity contribution in [2.45, 2.75) is 25.1 Å². The third kappa shape index (κ3) is 3.67. The first kappa shape index (κ1) is 14.9. The maximum atomic E-state index is 11.7. The van der Waals surface area contributed by atoms with Crippen LogP contribution in [0.5, 0.6) is 0 Å². The van der Waals surface area contributed by atoms with Gasteiger partial charge in [0.2, 0.25) is 5.91 Å². The van der Waals surface area contributed by atoms with Crippen molar-refractivity contribution in [2.75, 3.05) is 25.4 Å². The van der Waals surface area contributed by atoms with E-state index in [4.69, 9.17) is 5.11 Å². The molecule has 1 rings (SSSR count). The van der Waals surface area contributed by atoms with Crippen LogP contribution in [-0.4, -0.2) is 67.0 Å². The van der Waals surface area contributed by atoms with E-state index in [1.54, 1.807) is 13.8 Å². The summed E-state index contributed by atoms with van der Waals surface area (Å²) in [6, 6.07) is -0.856. The number of carboxylic acid groups (broad SMARTS) is 1. The van der Waals surface area contributed by atoms with Crippen molar-refractivity contribution in [2.24, 2.45) is 0 Å². The van der Waals surface area contributed by atoms with Gasteiger partial charge in [0.1, 0.15) is 6.04 Å². The monoisotopic (exact) mass is 278 g/mol. The molecule has 8 heteroatoms. The highest BCUT2D eigenvalue weighted by Crippen LogP contribution is 2.07. The van der Waals surface area contributed by atoms with Crippen LogP contribution in [0.4, 0.5) is 0 Å². The maximum absolute atomic E-state index is 11.7. The van der Waals surface area contributed by atoms with Gasteiger partial charge in [0.25, 0.3) is 0 Å². The van der Waals surface area contributed by atoms with Gasteiger partial charge in [-0.2, -0.15) is 0 Å². The minimum absolute atomic E-state index is 0.00981. The highest BCUT2D eigenvalue weighted by atomic mass is 32.2. The Morgan fingerprint density at radius 3 is 2.67 bits per heavy atom. The molecule has 0 saturated carbocycles. The van der Waals surface area contributed by atoms with Crippen molar-refractivity contribution in [3.8, 4) is 0 Å². The van der Waals surface area contributed by atoms with Crippen molar-refractivity contribution in [1.82, 2.24) is 10.2 Å². The van der Waals surface area contributed by atoms with Gasteiger partial charge >= 0.3 is 5.97 Å². The largest absolute Gasteiger partial charge is 0.480 e. The van der Waals surface area contributed by atoms with Crippen molar-refractivity contribution in [3.63, 3.8) is 0 Å². The highest BCUT2D eigenvalue weighted by Gasteiger charge is 2.32. The van der Waals surface area contributed by atoms with Crippen molar-refractivity contribution in [3.05, 3.63) is 0 Å². The topological polar surface area (TPSA) is 104 Å². The number of carboxylic acids is 1. The molecule has 0 aromatic rings. The lowest BCUT2D eigenvalue weighted by Gasteiger charge is -2.32. The van der Waals surface area contributed by atoms with Gasteiger partial charge in [-0.25, -0.2) is 8.42 Å². The molecule has 0 aromatic heterocycles. The fourth-order valence-corrected chi connectivity index (χ4v) is 2.61. The summed E-state index contributed by atoms with van der Waals surface area (Å²) >= 11 is 0.